The maximum absolute atomic E-state index is 12.9. The molecule has 0 amide bonds. The number of esters is 2. The van der Waals surface area contributed by atoms with E-state index in [1.807, 2.05) is 0 Å². The Morgan fingerprint density at radius 3 is 2.58 bits per heavy atom. The van der Waals surface area contributed by atoms with E-state index in [-0.39, 0.29) is 6.61 Å². The first-order valence-electron chi connectivity index (χ1n) is 7.47. The van der Waals surface area contributed by atoms with Gasteiger partial charge in [-0.2, -0.15) is 0 Å². The number of aliphatic hydroxyl groups is 1. The van der Waals surface area contributed by atoms with E-state index in [4.69, 9.17) is 9.47 Å². The Kier molecular flexibility index (Phi) is 4.31. The summed E-state index contributed by atoms with van der Waals surface area (Å²) in [7, 11) is 0. The van der Waals surface area contributed by atoms with Gasteiger partial charge in [-0.1, -0.05) is 28.1 Å². The topological polar surface area (TPSA) is 89.9 Å². The van der Waals surface area contributed by atoms with Gasteiger partial charge < -0.3 is 14.6 Å². The van der Waals surface area contributed by atoms with Crippen molar-refractivity contribution in [2.45, 2.75) is 18.6 Å². The maximum atomic E-state index is 12.9. The lowest BCUT2D eigenvalue weighted by Gasteiger charge is -2.45. The fourth-order valence-electron chi connectivity index (χ4n) is 3.12. The molecule has 126 valence electrons. The highest BCUT2D eigenvalue weighted by molar-refractivity contribution is 9.10. The normalized spacial score (nSPS) is 30.8. The summed E-state index contributed by atoms with van der Waals surface area (Å²) in [5.74, 6) is -4.46. The summed E-state index contributed by atoms with van der Waals surface area (Å²) >= 11 is 3.28. The molecule has 2 heterocycles. The molecule has 0 aromatic heterocycles. The van der Waals surface area contributed by atoms with Gasteiger partial charge in [0.2, 0.25) is 0 Å². The molecule has 4 atom stereocenters. The van der Waals surface area contributed by atoms with Crippen molar-refractivity contribution in [3.8, 4) is 0 Å². The van der Waals surface area contributed by atoms with E-state index in [2.05, 4.69) is 15.9 Å². The van der Waals surface area contributed by atoms with Crippen molar-refractivity contribution < 1.29 is 29.0 Å². The summed E-state index contributed by atoms with van der Waals surface area (Å²) < 4.78 is 10.9. The third kappa shape index (κ3) is 2.57. The average molecular weight is 395 g/mol. The predicted molar refractivity (Wildman–Crippen MR) is 86.1 cm³/mol. The van der Waals surface area contributed by atoms with E-state index in [1.54, 1.807) is 31.2 Å². The van der Waals surface area contributed by atoms with Gasteiger partial charge in [0.1, 0.15) is 12.0 Å². The van der Waals surface area contributed by atoms with Gasteiger partial charge >= 0.3 is 11.9 Å². The lowest BCUT2D eigenvalue weighted by molar-refractivity contribution is -0.196. The van der Waals surface area contributed by atoms with E-state index >= 15 is 0 Å². The lowest BCUT2D eigenvalue weighted by Crippen LogP contribution is -2.64. The molecule has 0 unspecified atom stereocenters. The Bertz CT molecular complexity index is 725. The molecule has 1 N–H and O–H groups in total. The van der Waals surface area contributed by atoms with Crippen LogP contribution >= 0.6 is 15.9 Å². The number of hydrogen-bond acceptors (Lipinski definition) is 6. The molecule has 0 radical (unpaired) electrons. The van der Waals surface area contributed by atoms with Crippen LogP contribution in [0.1, 0.15) is 17.3 Å². The number of benzene rings is 1. The van der Waals surface area contributed by atoms with Crippen molar-refractivity contribution in [3.05, 3.63) is 46.5 Å². The van der Waals surface area contributed by atoms with E-state index in [0.717, 1.165) is 4.47 Å². The van der Waals surface area contributed by atoms with Crippen LogP contribution in [0.2, 0.25) is 0 Å². The van der Waals surface area contributed by atoms with Gasteiger partial charge in [0, 0.05) is 10.0 Å². The molecule has 3 aliphatic rings. The van der Waals surface area contributed by atoms with Gasteiger partial charge in [-0.25, -0.2) is 4.79 Å². The molecule has 1 aliphatic carbocycles. The van der Waals surface area contributed by atoms with Crippen LogP contribution < -0.4 is 0 Å². The van der Waals surface area contributed by atoms with E-state index in [1.165, 1.54) is 12.2 Å². The maximum Gasteiger partial charge on any atom is 0.343 e. The van der Waals surface area contributed by atoms with Crippen molar-refractivity contribution in [2.75, 3.05) is 6.61 Å². The number of Topliss-reactive ketones (excluding diaryl/α,β-unsaturated/α-hetero) is 1. The Morgan fingerprint density at radius 2 is 2.00 bits per heavy atom. The molecule has 6 nitrogen and oxygen atoms in total. The zero-order valence-corrected chi connectivity index (χ0v) is 14.4. The van der Waals surface area contributed by atoms with E-state index in [0.29, 0.717) is 5.56 Å². The first kappa shape index (κ1) is 16.9. The smallest absolute Gasteiger partial charge is 0.343 e. The molecule has 2 aliphatic heterocycles. The molecule has 7 heteroatoms. The summed E-state index contributed by atoms with van der Waals surface area (Å²) in [6, 6.07) is 6.47. The number of carbonyl (C=O) groups excluding carboxylic acids is 3. The molecule has 1 aromatic carbocycles. The van der Waals surface area contributed by atoms with Crippen molar-refractivity contribution >= 4 is 33.7 Å². The van der Waals surface area contributed by atoms with E-state index < -0.39 is 41.3 Å². The molecule has 1 aromatic rings. The van der Waals surface area contributed by atoms with Gasteiger partial charge in [-0.15, -0.1) is 0 Å². The van der Waals surface area contributed by atoms with Gasteiger partial charge in [-0.05, 0) is 31.2 Å². The van der Waals surface area contributed by atoms with Gasteiger partial charge in [0.05, 0.1) is 12.5 Å². The second-order valence-corrected chi connectivity index (χ2v) is 6.60. The van der Waals surface area contributed by atoms with Crippen LogP contribution in [0, 0.1) is 11.8 Å². The SMILES string of the molecule is CCOC(=O)[C@@H]1[C@H]2C=C[C@](O)(C(=O)O2)[C@H]1C(=O)c1ccc(Br)cc1. The standard InChI is InChI=1S/C17H15BrO6/c1-2-23-15(20)12-11-7-8-17(22,16(21)24-11)13(12)14(19)9-3-5-10(18)6-4-9/h3-8,11-13,22H,2H2,1H3/t11-,12-,13-,17-/m1/s1. The van der Waals surface area contributed by atoms with Crippen molar-refractivity contribution in [2.24, 2.45) is 11.8 Å². The largest absolute Gasteiger partial charge is 0.466 e. The highest BCUT2D eigenvalue weighted by Gasteiger charge is 2.62. The second kappa shape index (κ2) is 6.14. The van der Waals surface area contributed by atoms with Crippen molar-refractivity contribution in [1.82, 2.24) is 0 Å². The summed E-state index contributed by atoms with van der Waals surface area (Å²) in [5.41, 5.74) is -1.88. The highest BCUT2D eigenvalue weighted by Crippen LogP contribution is 2.43. The molecule has 1 saturated heterocycles. The van der Waals surface area contributed by atoms with Crippen LogP contribution in [0.15, 0.2) is 40.9 Å². The number of rotatable bonds is 4. The van der Waals surface area contributed by atoms with Crippen LogP contribution in [0.25, 0.3) is 0 Å². The fraction of sp³-hybridized carbons (Fsp3) is 0.353. The fourth-order valence-corrected chi connectivity index (χ4v) is 3.38. The number of carbonyl (C=O) groups is 3. The van der Waals surface area contributed by atoms with Crippen LogP contribution in [-0.4, -0.2) is 41.1 Å². The van der Waals surface area contributed by atoms with Crippen LogP contribution in [-0.2, 0) is 19.1 Å². The lowest BCUT2D eigenvalue weighted by atomic mass is 9.66. The van der Waals surface area contributed by atoms with Gasteiger partial charge in [-0.3, -0.25) is 9.59 Å². The first-order valence-corrected chi connectivity index (χ1v) is 8.27. The third-order valence-corrected chi connectivity index (χ3v) is 4.80. The minimum atomic E-state index is -2.17. The molecular weight excluding hydrogens is 380 g/mol. The zero-order chi connectivity index (χ0) is 17.5. The van der Waals surface area contributed by atoms with E-state index in [9.17, 15) is 19.5 Å². The van der Waals surface area contributed by atoms with Crippen LogP contribution in [0.4, 0.5) is 0 Å². The molecule has 0 saturated carbocycles. The monoisotopic (exact) mass is 394 g/mol. The summed E-state index contributed by atoms with van der Waals surface area (Å²) in [6.45, 7) is 1.76. The number of ether oxygens (including phenoxy) is 2. The van der Waals surface area contributed by atoms with Crippen molar-refractivity contribution in [1.29, 1.82) is 0 Å². The van der Waals surface area contributed by atoms with Gasteiger partial charge in [0.15, 0.2) is 11.4 Å². The molecule has 0 spiro atoms. The number of hydrogen-bond donors (Lipinski definition) is 1. The Hall–Kier alpha value is -1.99. The predicted octanol–water partition coefficient (Wildman–Crippen LogP) is 1.65. The molecule has 24 heavy (non-hydrogen) atoms. The molecular formula is C17H15BrO6. The quantitative estimate of drug-likeness (QED) is 0.474. The average Bonchev–Trinajstić information content (AvgIpc) is 2.55. The number of fused-ring (bicyclic) bond motifs is 2. The summed E-state index contributed by atoms with van der Waals surface area (Å²) in [6.07, 6.45) is 1.74. The number of halogens is 1. The van der Waals surface area contributed by atoms with Crippen LogP contribution in [0.5, 0.6) is 0 Å². The minimum Gasteiger partial charge on any atom is -0.466 e. The molecule has 1 fully saturated rings. The Balaban J connectivity index is 2.04. The Morgan fingerprint density at radius 1 is 1.33 bits per heavy atom. The third-order valence-electron chi connectivity index (χ3n) is 4.27. The summed E-state index contributed by atoms with van der Waals surface area (Å²) in [4.78, 5) is 37.3. The Labute approximate surface area is 146 Å². The zero-order valence-electron chi connectivity index (χ0n) is 12.8. The number of ketones is 1. The molecule has 2 bridgehead atoms. The van der Waals surface area contributed by atoms with Gasteiger partial charge in [0.25, 0.3) is 0 Å². The minimum absolute atomic E-state index is 0.122. The highest BCUT2D eigenvalue weighted by atomic mass is 79.9. The van der Waals surface area contributed by atoms with Crippen LogP contribution in [0.3, 0.4) is 0 Å². The summed E-state index contributed by atoms with van der Waals surface area (Å²) in [5, 5.41) is 10.7. The second-order valence-electron chi connectivity index (χ2n) is 5.68. The molecule has 4 rings (SSSR count). The van der Waals surface area contributed by atoms with Crippen molar-refractivity contribution in [3.63, 3.8) is 0 Å². The first-order chi connectivity index (χ1) is 11.4.